The predicted octanol–water partition coefficient (Wildman–Crippen LogP) is 21.3. The second-order valence-electron chi connectivity index (χ2n) is 23.8. The summed E-state index contributed by atoms with van der Waals surface area (Å²) < 4.78 is 34.2. The molecule has 0 spiro atoms. The van der Waals surface area contributed by atoms with Gasteiger partial charge in [-0.15, -0.1) is 0 Å². The summed E-state index contributed by atoms with van der Waals surface area (Å²) in [6, 6.07) is 0. The maximum absolute atomic E-state index is 12.8. The molecule has 0 radical (unpaired) electrons. The Morgan fingerprint density at radius 1 is 0.378 bits per heavy atom. The number of carbonyl (C=O) groups is 2. The van der Waals surface area contributed by atoms with Crippen LogP contribution in [0.5, 0.6) is 0 Å². The highest BCUT2D eigenvalue weighted by Crippen LogP contribution is 2.38. The largest absolute Gasteiger partial charge is 0.756 e. The zero-order valence-corrected chi connectivity index (χ0v) is 54.8. The van der Waals surface area contributed by atoms with Gasteiger partial charge in [0.25, 0.3) is 7.82 Å². The number of hydrogen-bond acceptors (Lipinski definition) is 8. The van der Waals surface area contributed by atoms with Gasteiger partial charge < -0.3 is 27.9 Å². The van der Waals surface area contributed by atoms with Crippen molar-refractivity contribution in [1.29, 1.82) is 0 Å². The second-order valence-corrected chi connectivity index (χ2v) is 25.2. The van der Waals surface area contributed by atoms with Gasteiger partial charge in [-0.05, 0) is 89.9 Å². The van der Waals surface area contributed by atoms with Crippen LogP contribution in [0, 0.1) is 0 Å². The van der Waals surface area contributed by atoms with E-state index in [9.17, 15) is 19.0 Å². The zero-order valence-electron chi connectivity index (χ0n) is 53.9. The summed E-state index contributed by atoms with van der Waals surface area (Å²) in [5.41, 5.74) is 0. The molecule has 0 saturated carbocycles. The summed E-state index contributed by atoms with van der Waals surface area (Å²) in [7, 11) is 1.16. The lowest BCUT2D eigenvalue weighted by Gasteiger charge is -2.28. The fourth-order valence-electron chi connectivity index (χ4n) is 9.47. The number of likely N-dealkylation sites (N-methyl/N-ethyl adjacent to an activating group) is 1. The van der Waals surface area contributed by atoms with Gasteiger partial charge in [-0.2, -0.15) is 0 Å². The number of nitrogens with zero attached hydrogens (tertiary/aromatic N) is 1. The molecule has 0 saturated heterocycles. The first kappa shape index (κ1) is 78.9. The Hall–Kier alpha value is -3.07. The molecule has 0 aromatic heterocycles. The smallest absolute Gasteiger partial charge is 0.306 e. The molecule has 0 aromatic carbocycles. The van der Waals surface area contributed by atoms with Crippen molar-refractivity contribution >= 4 is 19.8 Å². The molecule has 0 aromatic rings. The molecule has 0 fully saturated rings. The van der Waals surface area contributed by atoms with E-state index >= 15 is 0 Å². The number of phosphoric acid groups is 1. The van der Waals surface area contributed by atoms with Gasteiger partial charge in [-0.1, -0.05) is 291 Å². The number of hydrogen-bond donors (Lipinski definition) is 0. The van der Waals surface area contributed by atoms with E-state index < -0.39 is 32.5 Å². The Bertz CT molecular complexity index is 1710. The summed E-state index contributed by atoms with van der Waals surface area (Å²) in [6.07, 6.45) is 86.4. The number of unbranched alkanes of at least 4 members (excludes halogenated alkanes) is 32. The summed E-state index contributed by atoms with van der Waals surface area (Å²) >= 11 is 0. The van der Waals surface area contributed by atoms with Gasteiger partial charge in [0.05, 0.1) is 27.7 Å². The number of quaternary nitrogens is 1. The highest BCUT2D eigenvalue weighted by atomic mass is 31.2. The highest BCUT2D eigenvalue weighted by molar-refractivity contribution is 7.45. The number of esters is 2. The Labute approximate surface area is 506 Å². The molecule has 2 unspecified atom stereocenters. The summed E-state index contributed by atoms with van der Waals surface area (Å²) in [6.45, 7) is 4.02. The maximum Gasteiger partial charge on any atom is 0.306 e. The van der Waals surface area contributed by atoms with Crippen LogP contribution in [0.1, 0.15) is 296 Å². The molecule has 10 heteroatoms. The van der Waals surface area contributed by atoms with Crippen LogP contribution in [0.4, 0.5) is 0 Å². The summed E-state index contributed by atoms with van der Waals surface area (Å²) in [4.78, 5) is 38.0. The molecule has 0 aliphatic heterocycles. The minimum absolute atomic E-state index is 0.0353. The minimum Gasteiger partial charge on any atom is -0.756 e. The summed E-state index contributed by atoms with van der Waals surface area (Å²) in [5, 5.41) is 0. The van der Waals surface area contributed by atoms with Crippen LogP contribution in [0.3, 0.4) is 0 Å². The van der Waals surface area contributed by atoms with Gasteiger partial charge >= 0.3 is 11.9 Å². The standard InChI is InChI=1S/C72H128NO8P/c1-6-8-10-12-14-16-18-20-22-24-26-27-28-29-30-31-32-33-34-35-36-37-38-39-40-41-42-43-44-45-47-49-51-53-55-57-59-61-63-65-72(75)81-70(69-80-82(76,77)79-67-66-73(3,4)5)68-78-71(74)64-62-60-58-56-54-52-50-48-46-25-23-21-19-17-15-13-11-9-7-2/h8-11,14-17,20-23,26-27,46,48,70H,6-7,12-13,18-19,24-25,28-45,47,49-69H2,1-5H3/b10-8-,11-9-,16-14-,17-15-,22-20-,23-21-,27-26-,48-46-. The van der Waals surface area contributed by atoms with E-state index in [1.165, 1.54) is 148 Å². The molecule has 82 heavy (non-hydrogen) atoms. The highest BCUT2D eigenvalue weighted by Gasteiger charge is 2.22. The first-order valence-corrected chi connectivity index (χ1v) is 35.4. The van der Waals surface area contributed by atoms with Crippen LogP contribution in [0.15, 0.2) is 97.2 Å². The number of phosphoric ester groups is 1. The topological polar surface area (TPSA) is 111 Å². The lowest BCUT2D eigenvalue weighted by atomic mass is 10.0. The lowest BCUT2D eigenvalue weighted by molar-refractivity contribution is -0.870. The van der Waals surface area contributed by atoms with E-state index in [-0.39, 0.29) is 26.1 Å². The van der Waals surface area contributed by atoms with Crippen molar-refractivity contribution in [2.75, 3.05) is 47.5 Å². The molecule has 0 aliphatic carbocycles. The molecule has 0 heterocycles. The van der Waals surface area contributed by atoms with Crippen molar-refractivity contribution in [3.05, 3.63) is 97.2 Å². The monoisotopic (exact) mass is 1170 g/mol. The molecular weight excluding hydrogens is 1040 g/mol. The van der Waals surface area contributed by atoms with Crippen LogP contribution in [-0.4, -0.2) is 70.0 Å². The van der Waals surface area contributed by atoms with Crippen LogP contribution < -0.4 is 4.89 Å². The van der Waals surface area contributed by atoms with Crippen molar-refractivity contribution in [2.45, 2.75) is 302 Å². The van der Waals surface area contributed by atoms with E-state index in [1.54, 1.807) is 0 Å². The number of ether oxygens (including phenoxy) is 2. The molecule has 0 bridgehead atoms. The number of carbonyl (C=O) groups excluding carboxylic acids is 2. The molecular formula is C72H128NO8P. The van der Waals surface area contributed by atoms with E-state index in [4.69, 9.17) is 18.5 Å². The second kappa shape index (κ2) is 62.5. The Balaban J connectivity index is 3.95. The quantitative estimate of drug-likeness (QED) is 0.0195. The fourth-order valence-corrected chi connectivity index (χ4v) is 10.2. The predicted molar refractivity (Wildman–Crippen MR) is 351 cm³/mol. The van der Waals surface area contributed by atoms with Crippen molar-refractivity contribution < 1.29 is 42.1 Å². The molecule has 0 rings (SSSR count). The van der Waals surface area contributed by atoms with Crippen LogP contribution in [-0.2, 0) is 32.7 Å². The van der Waals surface area contributed by atoms with Crippen molar-refractivity contribution in [3.63, 3.8) is 0 Å². The molecule has 0 N–H and O–H groups in total. The van der Waals surface area contributed by atoms with E-state index in [2.05, 4.69) is 111 Å². The summed E-state index contributed by atoms with van der Waals surface area (Å²) in [5.74, 6) is -0.842. The third kappa shape index (κ3) is 66.1. The van der Waals surface area contributed by atoms with Crippen LogP contribution >= 0.6 is 7.82 Å². The van der Waals surface area contributed by atoms with E-state index in [0.29, 0.717) is 23.9 Å². The van der Waals surface area contributed by atoms with Gasteiger partial charge in [-0.25, -0.2) is 0 Å². The zero-order chi connectivity index (χ0) is 59.8. The Morgan fingerprint density at radius 2 is 0.659 bits per heavy atom. The third-order valence-electron chi connectivity index (χ3n) is 14.6. The van der Waals surface area contributed by atoms with Gasteiger partial charge in [0.1, 0.15) is 19.8 Å². The average molecular weight is 1170 g/mol. The first-order valence-electron chi connectivity index (χ1n) is 33.9. The molecule has 0 aliphatic rings. The Morgan fingerprint density at radius 3 is 0.976 bits per heavy atom. The number of allylic oxidation sites excluding steroid dienone is 16. The molecule has 9 nitrogen and oxygen atoms in total. The minimum atomic E-state index is -4.65. The van der Waals surface area contributed by atoms with Gasteiger partial charge in [0.15, 0.2) is 6.10 Å². The maximum atomic E-state index is 12.8. The Kier molecular flexibility index (Phi) is 60.1. The van der Waals surface area contributed by atoms with Crippen molar-refractivity contribution in [2.24, 2.45) is 0 Å². The van der Waals surface area contributed by atoms with Gasteiger partial charge in [0, 0.05) is 12.8 Å². The van der Waals surface area contributed by atoms with Gasteiger partial charge in [-0.3, -0.25) is 14.2 Å². The lowest BCUT2D eigenvalue weighted by Crippen LogP contribution is -2.37. The first-order chi connectivity index (χ1) is 40.0. The SMILES string of the molecule is CC/C=C\C/C=C\C/C=C\C/C=C\CCCCCCCCCCCCCCCCCCCCCCCCCCCCC(=O)OC(COC(=O)CCCCCCCC/C=C\C/C=C\C/C=C\C/C=C\CC)COP(=O)([O-])OCC[N+](C)(C)C. The van der Waals surface area contributed by atoms with E-state index in [1.807, 2.05) is 21.1 Å². The number of rotatable bonds is 62. The van der Waals surface area contributed by atoms with Gasteiger partial charge in [0.2, 0.25) is 0 Å². The molecule has 0 amide bonds. The normalized spacial score (nSPS) is 13.8. The molecule has 474 valence electrons. The molecule has 2 atom stereocenters. The fraction of sp³-hybridized carbons (Fsp3) is 0.750. The van der Waals surface area contributed by atoms with E-state index in [0.717, 1.165) is 109 Å². The third-order valence-corrected chi connectivity index (χ3v) is 15.6. The average Bonchev–Trinajstić information content (AvgIpc) is 3.46. The van der Waals surface area contributed by atoms with Crippen molar-refractivity contribution in [3.8, 4) is 0 Å². The van der Waals surface area contributed by atoms with Crippen LogP contribution in [0.2, 0.25) is 0 Å². The van der Waals surface area contributed by atoms with Crippen molar-refractivity contribution in [1.82, 2.24) is 0 Å². The van der Waals surface area contributed by atoms with Crippen LogP contribution in [0.25, 0.3) is 0 Å².